The van der Waals surface area contributed by atoms with Crippen LogP contribution in [-0.4, -0.2) is 12.3 Å². The highest BCUT2D eigenvalue weighted by atomic mass is 19.4. The molecule has 1 unspecified atom stereocenters. The van der Waals surface area contributed by atoms with Crippen LogP contribution < -0.4 is 5.73 Å². The quantitative estimate of drug-likeness (QED) is 0.812. The van der Waals surface area contributed by atoms with Gasteiger partial charge < -0.3 is 5.73 Å². The van der Waals surface area contributed by atoms with E-state index >= 15 is 0 Å². The number of hydrogen-bond acceptors (Lipinski definition) is 2. The Morgan fingerprint density at radius 1 is 1.44 bits per heavy atom. The van der Waals surface area contributed by atoms with Gasteiger partial charge in [0, 0.05) is 18.0 Å². The number of rotatable bonds is 3. The first-order valence-corrected chi connectivity index (χ1v) is 4.77. The first kappa shape index (κ1) is 12.7. The Kier molecular flexibility index (Phi) is 3.70. The molecule has 1 rings (SSSR count). The molecule has 0 fully saturated rings. The third-order valence-electron chi connectivity index (χ3n) is 2.28. The van der Waals surface area contributed by atoms with E-state index in [1.165, 1.54) is 12.1 Å². The number of ketones is 1. The molecule has 0 heterocycles. The zero-order valence-corrected chi connectivity index (χ0v) is 8.71. The third kappa shape index (κ3) is 2.82. The Morgan fingerprint density at radius 3 is 2.56 bits per heavy atom. The second-order valence-corrected chi connectivity index (χ2v) is 3.58. The summed E-state index contributed by atoms with van der Waals surface area (Å²) in [5.74, 6) is -0.836. The SMILES string of the molecule is CC(CN)C(=O)c1cccc(C(F)(F)F)c1. The topological polar surface area (TPSA) is 43.1 Å². The van der Waals surface area contributed by atoms with Gasteiger partial charge in [0.2, 0.25) is 0 Å². The van der Waals surface area contributed by atoms with Crippen molar-refractivity contribution >= 4 is 5.78 Å². The molecule has 0 amide bonds. The molecule has 0 saturated heterocycles. The molecular formula is C11H12F3NO. The standard InChI is InChI=1S/C11H12F3NO/c1-7(6-15)10(16)8-3-2-4-9(5-8)11(12,13)14/h2-5,7H,6,15H2,1H3. The molecule has 0 aliphatic rings. The molecule has 0 aliphatic heterocycles. The lowest BCUT2D eigenvalue weighted by molar-refractivity contribution is -0.137. The minimum Gasteiger partial charge on any atom is -0.330 e. The summed E-state index contributed by atoms with van der Waals surface area (Å²) >= 11 is 0. The summed E-state index contributed by atoms with van der Waals surface area (Å²) in [6, 6.07) is 4.38. The lowest BCUT2D eigenvalue weighted by Crippen LogP contribution is -2.21. The Labute approximate surface area is 91.3 Å². The largest absolute Gasteiger partial charge is 0.416 e. The summed E-state index contributed by atoms with van der Waals surface area (Å²) in [6.45, 7) is 1.71. The average molecular weight is 231 g/mol. The maximum Gasteiger partial charge on any atom is 0.416 e. The third-order valence-corrected chi connectivity index (χ3v) is 2.28. The second kappa shape index (κ2) is 4.65. The summed E-state index contributed by atoms with van der Waals surface area (Å²) in [5, 5.41) is 0. The molecule has 0 radical (unpaired) electrons. The van der Waals surface area contributed by atoms with Crippen LogP contribution in [0, 0.1) is 5.92 Å². The fraction of sp³-hybridized carbons (Fsp3) is 0.364. The van der Waals surface area contributed by atoms with Gasteiger partial charge in [-0.25, -0.2) is 0 Å². The molecular weight excluding hydrogens is 219 g/mol. The molecule has 16 heavy (non-hydrogen) atoms. The monoisotopic (exact) mass is 231 g/mol. The van der Waals surface area contributed by atoms with E-state index in [2.05, 4.69) is 0 Å². The number of hydrogen-bond donors (Lipinski definition) is 1. The van der Waals surface area contributed by atoms with Gasteiger partial charge in [0.05, 0.1) is 5.56 Å². The Bertz CT molecular complexity index is 387. The summed E-state index contributed by atoms with van der Waals surface area (Å²) in [6.07, 6.45) is -4.43. The number of halogens is 3. The maximum absolute atomic E-state index is 12.4. The van der Waals surface area contributed by atoms with Crippen LogP contribution in [0.25, 0.3) is 0 Å². The molecule has 0 aromatic heterocycles. The van der Waals surface area contributed by atoms with Gasteiger partial charge >= 0.3 is 6.18 Å². The average Bonchev–Trinajstić information content (AvgIpc) is 2.26. The van der Waals surface area contributed by atoms with Gasteiger partial charge in [0.25, 0.3) is 0 Å². The van der Waals surface area contributed by atoms with Gasteiger partial charge in [-0.2, -0.15) is 13.2 Å². The van der Waals surface area contributed by atoms with E-state index in [4.69, 9.17) is 5.73 Å². The highest BCUT2D eigenvalue weighted by Gasteiger charge is 2.31. The van der Waals surface area contributed by atoms with Crippen molar-refractivity contribution in [1.82, 2.24) is 0 Å². The molecule has 2 nitrogen and oxygen atoms in total. The van der Waals surface area contributed by atoms with Crippen molar-refractivity contribution in [2.45, 2.75) is 13.1 Å². The van der Waals surface area contributed by atoms with E-state index in [-0.39, 0.29) is 17.9 Å². The van der Waals surface area contributed by atoms with E-state index in [1.807, 2.05) is 0 Å². The van der Waals surface area contributed by atoms with Gasteiger partial charge in [-0.05, 0) is 12.1 Å². The number of Topliss-reactive ketones (excluding diaryl/α,β-unsaturated/α-hetero) is 1. The molecule has 1 aromatic rings. The lowest BCUT2D eigenvalue weighted by Gasteiger charge is -2.10. The summed E-state index contributed by atoms with van der Waals surface area (Å²) in [4.78, 5) is 11.6. The van der Waals surface area contributed by atoms with Gasteiger partial charge in [0.1, 0.15) is 0 Å². The molecule has 1 aromatic carbocycles. The van der Waals surface area contributed by atoms with Crippen molar-refractivity contribution in [2.24, 2.45) is 11.7 Å². The number of nitrogens with two attached hydrogens (primary N) is 1. The van der Waals surface area contributed by atoms with Crippen LogP contribution in [0.2, 0.25) is 0 Å². The van der Waals surface area contributed by atoms with Crippen LogP contribution in [0.1, 0.15) is 22.8 Å². The van der Waals surface area contributed by atoms with Crippen molar-refractivity contribution in [3.63, 3.8) is 0 Å². The molecule has 1 atom stereocenters. The number of alkyl halides is 3. The van der Waals surface area contributed by atoms with E-state index in [9.17, 15) is 18.0 Å². The maximum atomic E-state index is 12.4. The van der Waals surface area contributed by atoms with Crippen LogP contribution in [0.4, 0.5) is 13.2 Å². The molecule has 0 spiro atoms. The normalized spacial score (nSPS) is 13.6. The van der Waals surface area contributed by atoms with Crippen molar-refractivity contribution in [3.8, 4) is 0 Å². The van der Waals surface area contributed by atoms with Crippen LogP contribution in [-0.2, 0) is 6.18 Å². The van der Waals surface area contributed by atoms with Crippen molar-refractivity contribution < 1.29 is 18.0 Å². The van der Waals surface area contributed by atoms with E-state index in [0.717, 1.165) is 12.1 Å². The van der Waals surface area contributed by atoms with Crippen LogP contribution in [0.5, 0.6) is 0 Å². The second-order valence-electron chi connectivity index (χ2n) is 3.58. The van der Waals surface area contributed by atoms with Crippen molar-refractivity contribution in [2.75, 3.05) is 6.54 Å². The van der Waals surface area contributed by atoms with Crippen LogP contribution >= 0.6 is 0 Å². The molecule has 0 saturated carbocycles. The number of carbonyl (C=O) groups is 1. The van der Waals surface area contributed by atoms with Gasteiger partial charge in [-0.15, -0.1) is 0 Å². The fourth-order valence-corrected chi connectivity index (χ4v) is 1.24. The number of benzene rings is 1. The smallest absolute Gasteiger partial charge is 0.330 e. The Hall–Kier alpha value is -1.36. The highest BCUT2D eigenvalue weighted by Crippen LogP contribution is 2.29. The predicted octanol–water partition coefficient (Wildman–Crippen LogP) is 2.48. The molecule has 0 aliphatic carbocycles. The van der Waals surface area contributed by atoms with Crippen molar-refractivity contribution in [3.05, 3.63) is 35.4 Å². The van der Waals surface area contributed by atoms with E-state index in [0.29, 0.717) is 0 Å². The molecule has 0 bridgehead atoms. The first-order chi connectivity index (χ1) is 7.36. The van der Waals surface area contributed by atoms with Crippen molar-refractivity contribution in [1.29, 1.82) is 0 Å². The zero-order valence-electron chi connectivity index (χ0n) is 8.71. The number of carbonyl (C=O) groups excluding carboxylic acids is 1. The Balaban J connectivity index is 3.04. The molecule has 88 valence electrons. The Morgan fingerprint density at radius 2 is 2.06 bits per heavy atom. The van der Waals surface area contributed by atoms with Crippen LogP contribution in [0.15, 0.2) is 24.3 Å². The zero-order chi connectivity index (χ0) is 12.3. The minimum atomic E-state index is -4.43. The van der Waals surface area contributed by atoms with E-state index < -0.39 is 17.7 Å². The van der Waals surface area contributed by atoms with E-state index in [1.54, 1.807) is 6.92 Å². The predicted molar refractivity (Wildman–Crippen MR) is 54.0 cm³/mol. The molecule has 5 heteroatoms. The van der Waals surface area contributed by atoms with Gasteiger partial charge in [0.15, 0.2) is 5.78 Å². The van der Waals surface area contributed by atoms with Crippen LogP contribution in [0.3, 0.4) is 0 Å². The lowest BCUT2D eigenvalue weighted by atomic mass is 9.98. The molecule has 2 N–H and O–H groups in total. The first-order valence-electron chi connectivity index (χ1n) is 4.77. The van der Waals surface area contributed by atoms with Gasteiger partial charge in [-0.3, -0.25) is 4.79 Å². The summed E-state index contributed by atoms with van der Waals surface area (Å²) in [7, 11) is 0. The fourth-order valence-electron chi connectivity index (χ4n) is 1.24. The van der Waals surface area contributed by atoms with Gasteiger partial charge in [-0.1, -0.05) is 19.1 Å². The summed E-state index contributed by atoms with van der Waals surface area (Å²) in [5.41, 5.74) is 4.52. The minimum absolute atomic E-state index is 0.0489. The highest BCUT2D eigenvalue weighted by molar-refractivity contribution is 5.97. The summed E-state index contributed by atoms with van der Waals surface area (Å²) < 4.78 is 37.1.